The van der Waals surface area contributed by atoms with Crippen LogP contribution in [0.15, 0.2) is 24.4 Å². The second-order valence-electron chi connectivity index (χ2n) is 5.20. The Morgan fingerprint density at radius 2 is 2.40 bits per heavy atom. The van der Waals surface area contributed by atoms with Gasteiger partial charge in [-0.25, -0.2) is 8.78 Å². The summed E-state index contributed by atoms with van der Waals surface area (Å²) >= 11 is 0. The van der Waals surface area contributed by atoms with Gasteiger partial charge in [-0.2, -0.15) is 0 Å². The number of nitrogens with zero attached hydrogens (tertiary/aromatic N) is 1. The Morgan fingerprint density at radius 1 is 1.60 bits per heavy atom. The zero-order valence-electron chi connectivity index (χ0n) is 11.4. The van der Waals surface area contributed by atoms with Gasteiger partial charge in [-0.05, 0) is 12.1 Å². The summed E-state index contributed by atoms with van der Waals surface area (Å²) in [6, 6.07) is 4.32. The van der Waals surface area contributed by atoms with Gasteiger partial charge in [0.05, 0.1) is 0 Å². The predicted molar refractivity (Wildman–Crippen MR) is 71.5 cm³/mol. The van der Waals surface area contributed by atoms with Crippen molar-refractivity contribution in [3.8, 4) is 0 Å². The topological polar surface area (TPSA) is 54.0 Å². The van der Waals surface area contributed by atoms with E-state index >= 15 is 0 Å². The van der Waals surface area contributed by atoms with E-state index in [1.807, 2.05) is 12.1 Å². The SMILES string of the molecule is CC(Cc1ccccn1)C(=O)N[C@@H]1CNCCC1(F)F. The molecule has 110 valence electrons. The molecule has 0 radical (unpaired) electrons. The molecule has 0 aromatic carbocycles. The molecule has 4 nitrogen and oxygen atoms in total. The van der Waals surface area contributed by atoms with E-state index in [1.165, 1.54) is 0 Å². The quantitative estimate of drug-likeness (QED) is 0.877. The van der Waals surface area contributed by atoms with Crippen molar-refractivity contribution in [3.63, 3.8) is 0 Å². The molecular weight excluding hydrogens is 264 g/mol. The van der Waals surface area contributed by atoms with Crippen LogP contribution in [0.3, 0.4) is 0 Å². The summed E-state index contributed by atoms with van der Waals surface area (Å²) in [6.45, 7) is 2.11. The lowest BCUT2D eigenvalue weighted by Crippen LogP contribution is -2.58. The van der Waals surface area contributed by atoms with Crippen molar-refractivity contribution in [2.45, 2.75) is 31.7 Å². The Balaban J connectivity index is 1.90. The van der Waals surface area contributed by atoms with E-state index in [4.69, 9.17) is 0 Å². The molecule has 2 rings (SSSR count). The molecular formula is C14H19F2N3O. The zero-order chi connectivity index (χ0) is 14.6. The minimum atomic E-state index is -2.84. The summed E-state index contributed by atoms with van der Waals surface area (Å²) < 4.78 is 27.3. The molecule has 0 saturated carbocycles. The Morgan fingerprint density at radius 3 is 3.05 bits per heavy atom. The highest BCUT2D eigenvalue weighted by Gasteiger charge is 2.42. The first-order valence-electron chi connectivity index (χ1n) is 6.78. The molecule has 1 aromatic rings. The number of carbonyl (C=O) groups is 1. The molecule has 20 heavy (non-hydrogen) atoms. The highest BCUT2D eigenvalue weighted by Crippen LogP contribution is 2.25. The molecule has 2 atom stereocenters. The highest BCUT2D eigenvalue weighted by atomic mass is 19.3. The lowest BCUT2D eigenvalue weighted by molar-refractivity contribution is -0.130. The Labute approximate surface area is 117 Å². The number of aromatic nitrogens is 1. The van der Waals surface area contributed by atoms with Crippen LogP contribution >= 0.6 is 0 Å². The van der Waals surface area contributed by atoms with Gasteiger partial charge >= 0.3 is 0 Å². The van der Waals surface area contributed by atoms with Gasteiger partial charge < -0.3 is 10.6 Å². The number of halogens is 2. The average molecular weight is 283 g/mol. The number of carbonyl (C=O) groups excluding carboxylic acids is 1. The molecule has 1 fully saturated rings. The van der Waals surface area contributed by atoms with Crippen molar-refractivity contribution >= 4 is 5.91 Å². The Kier molecular flexibility index (Phi) is 4.65. The standard InChI is InChI=1S/C14H19F2N3O/c1-10(8-11-4-2-3-6-18-11)13(20)19-12-9-17-7-5-14(12,15)16/h2-4,6,10,12,17H,5,7-9H2,1H3,(H,19,20)/t10?,12-/m1/s1. The summed E-state index contributed by atoms with van der Waals surface area (Å²) in [5, 5.41) is 5.33. The summed E-state index contributed by atoms with van der Waals surface area (Å²) in [4.78, 5) is 16.1. The maximum atomic E-state index is 13.7. The van der Waals surface area contributed by atoms with Crippen LogP contribution in [0.2, 0.25) is 0 Å². The first-order chi connectivity index (χ1) is 9.49. The van der Waals surface area contributed by atoms with Crippen LogP contribution in [-0.4, -0.2) is 35.9 Å². The third kappa shape index (κ3) is 3.72. The summed E-state index contributed by atoms with van der Waals surface area (Å²) in [5.74, 6) is -3.59. The van der Waals surface area contributed by atoms with Crippen molar-refractivity contribution in [3.05, 3.63) is 30.1 Å². The second kappa shape index (κ2) is 6.26. The van der Waals surface area contributed by atoms with Crippen molar-refractivity contribution in [2.75, 3.05) is 13.1 Å². The van der Waals surface area contributed by atoms with Gasteiger partial charge in [0.2, 0.25) is 5.91 Å². The van der Waals surface area contributed by atoms with Gasteiger partial charge in [0.15, 0.2) is 0 Å². The summed E-state index contributed by atoms with van der Waals surface area (Å²) in [5.41, 5.74) is 0.781. The van der Waals surface area contributed by atoms with E-state index in [1.54, 1.807) is 19.2 Å². The summed E-state index contributed by atoms with van der Waals surface area (Å²) in [7, 11) is 0. The molecule has 1 aliphatic heterocycles. The van der Waals surface area contributed by atoms with Crippen LogP contribution in [0.25, 0.3) is 0 Å². The van der Waals surface area contributed by atoms with Gasteiger partial charge in [-0.1, -0.05) is 13.0 Å². The van der Waals surface area contributed by atoms with Crippen molar-refractivity contribution in [1.82, 2.24) is 15.6 Å². The fraction of sp³-hybridized carbons (Fsp3) is 0.571. The van der Waals surface area contributed by atoms with Crippen molar-refractivity contribution in [2.24, 2.45) is 5.92 Å². The van der Waals surface area contributed by atoms with Crippen LogP contribution in [0.4, 0.5) is 8.78 Å². The van der Waals surface area contributed by atoms with Crippen molar-refractivity contribution in [1.29, 1.82) is 0 Å². The first kappa shape index (κ1) is 14.8. The maximum absolute atomic E-state index is 13.7. The lowest BCUT2D eigenvalue weighted by Gasteiger charge is -2.33. The molecule has 1 unspecified atom stereocenters. The molecule has 1 amide bonds. The lowest BCUT2D eigenvalue weighted by atomic mass is 9.99. The number of alkyl halides is 2. The molecule has 1 aliphatic rings. The number of nitrogens with one attached hydrogen (secondary N) is 2. The maximum Gasteiger partial charge on any atom is 0.270 e. The first-order valence-corrected chi connectivity index (χ1v) is 6.78. The van der Waals surface area contributed by atoms with E-state index in [9.17, 15) is 13.6 Å². The zero-order valence-corrected chi connectivity index (χ0v) is 11.4. The molecule has 0 bridgehead atoms. The molecule has 1 aromatic heterocycles. The van der Waals surface area contributed by atoms with Gasteiger partial charge in [0, 0.05) is 43.7 Å². The van der Waals surface area contributed by atoms with E-state index in [0.29, 0.717) is 6.42 Å². The van der Waals surface area contributed by atoms with Crippen LogP contribution < -0.4 is 10.6 Å². The number of amides is 1. The third-order valence-corrected chi connectivity index (χ3v) is 3.50. The second-order valence-corrected chi connectivity index (χ2v) is 5.20. The van der Waals surface area contributed by atoms with Crippen LogP contribution in [0, 0.1) is 5.92 Å². The fourth-order valence-electron chi connectivity index (χ4n) is 2.22. The minimum absolute atomic E-state index is 0.106. The van der Waals surface area contributed by atoms with Crippen molar-refractivity contribution < 1.29 is 13.6 Å². The van der Waals surface area contributed by atoms with E-state index < -0.39 is 12.0 Å². The molecule has 1 saturated heterocycles. The Hall–Kier alpha value is -1.56. The molecule has 2 heterocycles. The fourth-order valence-corrected chi connectivity index (χ4v) is 2.22. The van der Waals surface area contributed by atoms with Crippen LogP contribution in [0.1, 0.15) is 19.0 Å². The monoisotopic (exact) mass is 283 g/mol. The number of pyridine rings is 1. The van der Waals surface area contributed by atoms with Gasteiger partial charge in [-0.15, -0.1) is 0 Å². The smallest absolute Gasteiger partial charge is 0.270 e. The number of piperidine rings is 1. The Bertz CT molecular complexity index is 453. The van der Waals surface area contributed by atoms with E-state index in [0.717, 1.165) is 5.69 Å². The molecule has 0 aliphatic carbocycles. The minimum Gasteiger partial charge on any atom is -0.346 e. The van der Waals surface area contributed by atoms with Crippen LogP contribution in [0.5, 0.6) is 0 Å². The normalized spacial score (nSPS) is 23.1. The number of rotatable bonds is 4. The van der Waals surface area contributed by atoms with Gasteiger partial charge in [-0.3, -0.25) is 9.78 Å². The largest absolute Gasteiger partial charge is 0.346 e. The summed E-state index contributed by atoms with van der Waals surface area (Å²) in [6.07, 6.45) is 1.85. The number of hydrogen-bond acceptors (Lipinski definition) is 3. The highest BCUT2D eigenvalue weighted by molar-refractivity contribution is 5.79. The molecule has 0 spiro atoms. The van der Waals surface area contributed by atoms with Crippen LogP contribution in [-0.2, 0) is 11.2 Å². The average Bonchev–Trinajstić information content (AvgIpc) is 2.42. The van der Waals surface area contributed by atoms with E-state index in [-0.39, 0.29) is 31.3 Å². The van der Waals surface area contributed by atoms with E-state index in [2.05, 4.69) is 15.6 Å². The third-order valence-electron chi connectivity index (χ3n) is 3.50. The van der Waals surface area contributed by atoms with Gasteiger partial charge in [0.1, 0.15) is 6.04 Å². The number of hydrogen-bond donors (Lipinski definition) is 2. The molecule has 2 N–H and O–H groups in total. The van der Waals surface area contributed by atoms with Gasteiger partial charge in [0.25, 0.3) is 5.92 Å². The predicted octanol–water partition coefficient (Wildman–Crippen LogP) is 1.37. The molecule has 6 heteroatoms.